The maximum atomic E-state index is 10.9. The minimum absolute atomic E-state index is 0.0655. The smallest absolute Gasteiger partial charge is 0.216 e. The first-order valence-corrected chi connectivity index (χ1v) is 8.02. The highest BCUT2D eigenvalue weighted by molar-refractivity contribution is 8.01. The van der Waals surface area contributed by atoms with Crippen LogP contribution in [0.3, 0.4) is 0 Å². The predicted molar refractivity (Wildman–Crippen MR) is 71.3 cm³/mol. The quantitative estimate of drug-likeness (QED) is 0.709. The van der Waals surface area contributed by atoms with Crippen molar-refractivity contribution >= 4 is 27.5 Å². The molecule has 16 heavy (non-hydrogen) atoms. The lowest BCUT2D eigenvalue weighted by atomic mass is 10.6. The Kier molecular flexibility index (Phi) is 12.3. The van der Waals surface area contributed by atoms with E-state index >= 15 is 0 Å². The molecule has 0 fully saturated rings. The van der Waals surface area contributed by atoms with Crippen molar-refractivity contribution in [1.82, 2.24) is 5.32 Å². The van der Waals surface area contributed by atoms with Crippen LogP contribution in [0.5, 0.6) is 0 Å². The van der Waals surface area contributed by atoms with Crippen molar-refractivity contribution in [2.24, 2.45) is 0 Å². The summed E-state index contributed by atoms with van der Waals surface area (Å²) in [5, 5.41) is 3.60. The molecule has 0 aromatic carbocycles. The summed E-state index contributed by atoms with van der Waals surface area (Å²) in [7, 11) is -3.07. The average molecular weight is 267 g/mol. The maximum absolute atomic E-state index is 10.9. The first-order chi connectivity index (χ1) is 7.48. The lowest BCUT2D eigenvalue weighted by molar-refractivity contribution is -0.118. The Bertz CT molecular complexity index is 286. The molecule has 0 bridgehead atoms. The van der Waals surface area contributed by atoms with E-state index in [4.69, 9.17) is 0 Å². The standard InChI is InChI=1S/C8H15NO3S2.C2H6/c1-3-14(11,12)7-6-13-5-4-9-8(2)10;1-2/h3H,1,4-7H2,2H3,(H,9,10);1-2H3. The fraction of sp³-hybridized carbons (Fsp3) is 0.700. The van der Waals surface area contributed by atoms with Gasteiger partial charge in [-0.2, -0.15) is 11.8 Å². The summed E-state index contributed by atoms with van der Waals surface area (Å²) < 4.78 is 21.9. The summed E-state index contributed by atoms with van der Waals surface area (Å²) in [6.45, 7) is 9.25. The van der Waals surface area contributed by atoms with E-state index in [0.717, 1.165) is 11.2 Å². The van der Waals surface area contributed by atoms with Crippen LogP contribution in [0.15, 0.2) is 12.0 Å². The molecule has 0 atom stereocenters. The number of carbonyl (C=O) groups is 1. The summed E-state index contributed by atoms with van der Waals surface area (Å²) in [5.74, 6) is 1.31. The summed E-state index contributed by atoms with van der Waals surface area (Å²) in [6.07, 6.45) is 0. The van der Waals surface area contributed by atoms with Gasteiger partial charge in [0.05, 0.1) is 5.75 Å². The van der Waals surface area contributed by atoms with E-state index in [1.807, 2.05) is 13.8 Å². The van der Waals surface area contributed by atoms with E-state index < -0.39 is 9.84 Å². The van der Waals surface area contributed by atoms with Gasteiger partial charge in [0.15, 0.2) is 9.84 Å². The van der Waals surface area contributed by atoms with Crippen molar-refractivity contribution in [2.45, 2.75) is 20.8 Å². The monoisotopic (exact) mass is 267 g/mol. The highest BCUT2D eigenvalue weighted by atomic mass is 32.2. The number of hydrogen-bond donors (Lipinski definition) is 1. The molecule has 0 spiro atoms. The predicted octanol–water partition coefficient (Wildman–Crippen LogP) is 1.44. The second-order valence-electron chi connectivity index (χ2n) is 2.63. The average Bonchev–Trinajstić information content (AvgIpc) is 2.26. The number of nitrogens with one attached hydrogen (secondary N) is 1. The first-order valence-electron chi connectivity index (χ1n) is 5.15. The number of amides is 1. The SMILES string of the molecule is C=CS(=O)(=O)CCSCCNC(C)=O.CC. The molecular weight excluding hydrogens is 246 g/mol. The second kappa shape index (κ2) is 11.0. The molecule has 0 unspecified atom stereocenters. The Morgan fingerprint density at radius 1 is 1.38 bits per heavy atom. The zero-order valence-corrected chi connectivity index (χ0v) is 11.8. The normalized spacial score (nSPS) is 9.94. The number of thioether (sulfide) groups is 1. The third-order valence-corrected chi connectivity index (χ3v) is 3.91. The van der Waals surface area contributed by atoms with Gasteiger partial charge >= 0.3 is 0 Å². The molecule has 6 heteroatoms. The zero-order chi connectivity index (χ0) is 13.0. The van der Waals surface area contributed by atoms with Crippen LogP contribution in [-0.4, -0.2) is 38.1 Å². The highest BCUT2D eigenvalue weighted by Gasteiger charge is 2.03. The molecule has 0 aromatic heterocycles. The van der Waals surface area contributed by atoms with Gasteiger partial charge in [-0.1, -0.05) is 20.4 Å². The Balaban J connectivity index is 0. The number of hydrogen-bond acceptors (Lipinski definition) is 4. The van der Waals surface area contributed by atoms with Gasteiger partial charge in [-0.3, -0.25) is 4.79 Å². The van der Waals surface area contributed by atoms with Crippen molar-refractivity contribution in [3.8, 4) is 0 Å². The van der Waals surface area contributed by atoms with E-state index in [1.165, 1.54) is 18.7 Å². The molecule has 1 amide bonds. The fourth-order valence-electron chi connectivity index (χ4n) is 0.660. The molecule has 0 aliphatic heterocycles. The lowest BCUT2D eigenvalue weighted by Crippen LogP contribution is -2.22. The van der Waals surface area contributed by atoms with Gasteiger partial charge in [0, 0.05) is 30.4 Å². The van der Waals surface area contributed by atoms with Crippen LogP contribution in [0, 0.1) is 0 Å². The van der Waals surface area contributed by atoms with E-state index in [-0.39, 0.29) is 11.7 Å². The fourth-order valence-corrected chi connectivity index (χ4v) is 2.68. The van der Waals surface area contributed by atoms with Gasteiger partial charge in [0.2, 0.25) is 5.91 Å². The molecule has 0 saturated heterocycles. The Hall–Kier alpha value is -0.490. The van der Waals surface area contributed by atoms with Gasteiger partial charge in [-0.15, -0.1) is 0 Å². The van der Waals surface area contributed by atoms with Crippen LogP contribution < -0.4 is 5.32 Å². The molecule has 0 rings (SSSR count). The van der Waals surface area contributed by atoms with Gasteiger partial charge in [0.1, 0.15) is 0 Å². The van der Waals surface area contributed by atoms with Crippen molar-refractivity contribution in [1.29, 1.82) is 0 Å². The largest absolute Gasteiger partial charge is 0.356 e. The molecule has 96 valence electrons. The Morgan fingerprint density at radius 3 is 2.38 bits per heavy atom. The second-order valence-corrected chi connectivity index (χ2v) is 5.92. The van der Waals surface area contributed by atoms with Crippen LogP contribution in [0.4, 0.5) is 0 Å². The molecule has 0 aliphatic rings. The van der Waals surface area contributed by atoms with Crippen LogP contribution in [-0.2, 0) is 14.6 Å². The molecule has 0 radical (unpaired) electrons. The van der Waals surface area contributed by atoms with E-state index in [1.54, 1.807) is 0 Å². The van der Waals surface area contributed by atoms with Crippen LogP contribution in [0.1, 0.15) is 20.8 Å². The van der Waals surface area contributed by atoms with Gasteiger partial charge < -0.3 is 5.32 Å². The van der Waals surface area contributed by atoms with Gasteiger partial charge in [0.25, 0.3) is 0 Å². The van der Waals surface area contributed by atoms with E-state index in [2.05, 4.69) is 11.9 Å². The van der Waals surface area contributed by atoms with Crippen molar-refractivity contribution in [3.05, 3.63) is 12.0 Å². The van der Waals surface area contributed by atoms with Crippen molar-refractivity contribution in [3.63, 3.8) is 0 Å². The highest BCUT2D eigenvalue weighted by Crippen LogP contribution is 2.01. The minimum Gasteiger partial charge on any atom is -0.356 e. The molecule has 0 aromatic rings. The molecule has 0 heterocycles. The molecule has 0 aliphatic carbocycles. The van der Waals surface area contributed by atoms with Crippen LogP contribution in [0.2, 0.25) is 0 Å². The Morgan fingerprint density at radius 2 is 1.94 bits per heavy atom. The number of sulfone groups is 1. The van der Waals surface area contributed by atoms with Crippen molar-refractivity contribution in [2.75, 3.05) is 23.8 Å². The molecule has 4 nitrogen and oxygen atoms in total. The van der Waals surface area contributed by atoms with Crippen molar-refractivity contribution < 1.29 is 13.2 Å². The Labute approximate surface area is 103 Å². The summed E-state index contributed by atoms with van der Waals surface area (Å²) >= 11 is 1.50. The van der Waals surface area contributed by atoms with E-state index in [9.17, 15) is 13.2 Å². The summed E-state index contributed by atoms with van der Waals surface area (Å²) in [4.78, 5) is 10.5. The first kappa shape index (κ1) is 17.9. The minimum atomic E-state index is -3.07. The number of carbonyl (C=O) groups excluding carboxylic acids is 1. The molecular formula is C10H21NO3S2. The lowest BCUT2D eigenvalue weighted by Gasteiger charge is -2.01. The molecule has 0 saturated carbocycles. The van der Waals surface area contributed by atoms with Crippen LogP contribution >= 0.6 is 11.8 Å². The van der Waals surface area contributed by atoms with Gasteiger partial charge in [-0.05, 0) is 0 Å². The third-order valence-electron chi connectivity index (χ3n) is 1.39. The summed E-state index contributed by atoms with van der Waals surface area (Å²) in [6, 6.07) is 0. The zero-order valence-electron chi connectivity index (χ0n) is 10.2. The number of rotatable bonds is 7. The van der Waals surface area contributed by atoms with E-state index in [0.29, 0.717) is 12.3 Å². The summed E-state index contributed by atoms with van der Waals surface area (Å²) in [5.41, 5.74) is 0. The van der Waals surface area contributed by atoms with Gasteiger partial charge in [-0.25, -0.2) is 8.42 Å². The van der Waals surface area contributed by atoms with Crippen LogP contribution in [0.25, 0.3) is 0 Å². The molecule has 1 N–H and O–H groups in total. The topological polar surface area (TPSA) is 63.2 Å². The third kappa shape index (κ3) is 13.5. The maximum Gasteiger partial charge on any atom is 0.216 e.